The van der Waals surface area contributed by atoms with Gasteiger partial charge in [-0.25, -0.2) is 0 Å². The number of para-hydroxylation sites is 1. The molecule has 27 heavy (non-hydrogen) atoms. The van der Waals surface area contributed by atoms with Crippen molar-refractivity contribution in [1.82, 2.24) is 4.98 Å². The highest BCUT2D eigenvalue weighted by atomic mass is 35.5. The Morgan fingerprint density at radius 1 is 1.07 bits per heavy atom. The Kier molecular flexibility index (Phi) is 6.91. The zero-order valence-electron chi connectivity index (χ0n) is 15.2. The van der Waals surface area contributed by atoms with Gasteiger partial charge in [0.15, 0.2) is 0 Å². The predicted molar refractivity (Wildman–Crippen MR) is 118 cm³/mol. The number of halogens is 2. The normalized spacial score (nSPS) is 11.2. The Hall–Kier alpha value is -2.30. The van der Waals surface area contributed by atoms with E-state index in [4.69, 9.17) is 23.2 Å². The molecule has 2 aromatic carbocycles. The fourth-order valence-corrected chi connectivity index (χ4v) is 3.35. The van der Waals surface area contributed by atoms with Crippen molar-refractivity contribution in [3.05, 3.63) is 65.9 Å². The van der Waals surface area contributed by atoms with Crippen LogP contribution >= 0.6 is 23.2 Å². The minimum Gasteiger partial charge on any atom is -0.369 e. The first kappa shape index (κ1) is 19.5. The molecule has 0 unspecified atom stereocenters. The SMILES string of the molecule is Cc1cc(N(CCCl)CCCl)ccc1/C=N/Nc1cccc2cccnc12. The van der Waals surface area contributed by atoms with Gasteiger partial charge in [0, 0.05) is 42.1 Å². The Morgan fingerprint density at radius 2 is 1.85 bits per heavy atom. The summed E-state index contributed by atoms with van der Waals surface area (Å²) in [6, 6.07) is 16.2. The van der Waals surface area contributed by atoms with Gasteiger partial charge in [-0.05, 0) is 42.3 Å². The predicted octanol–water partition coefficient (Wildman–Crippen LogP) is 5.27. The summed E-state index contributed by atoms with van der Waals surface area (Å²) in [5.41, 5.74) is 8.21. The van der Waals surface area contributed by atoms with Gasteiger partial charge in [-0.1, -0.05) is 24.3 Å². The van der Waals surface area contributed by atoms with Crippen molar-refractivity contribution >= 4 is 51.7 Å². The number of alkyl halides is 2. The van der Waals surface area contributed by atoms with Crippen molar-refractivity contribution in [1.29, 1.82) is 0 Å². The van der Waals surface area contributed by atoms with Crippen LogP contribution in [0.25, 0.3) is 10.9 Å². The summed E-state index contributed by atoms with van der Waals surface area (Å²) in [5.74, 6) is 1.14. The van der Waals surface area contributed by atoms with Gasteiger partial charge >= 0.3 is 0 Å². The number of hydrogen-bond donors (Lipinski definition) is 1. The minimum absolute atomic E-state index is 0.572. The van der Waals surface area contributed by atoms with E-state index in [9.17, 15) is 0 Å². The first-order valence-corrected chi connectivity index (χ1v) is 9.90. The zero-order valence-corrected chi connectivity index (χ0v) is 16.7. The Labute approximate surface area is 169 Å². The lowest BCUT2D eigenvalue weighted by molar-refractivity contribution is 0.873. The highest BCUT2D eigenvalue weighted by molar-refractivity contribution is 6.18. The molecule has 0 saturated heterocycles. The first-order valence-electron chi connectivity index (χ1n) is 8.83. The van der Waals surface area contributed by atoms with Crippen molar-refractivity contribution in [2.45, 2.75) is 6.92 Å². The summed E-state index contributed by atoms with van der Waals surface area (Å²) in [7, 11) is 0. The van der Waals surface area contributed by atoms with Crippen molar-refractivity contribution in [3.63, 3.8) is 0 Å². The number of rotatable bonds is 8. The van der Waals surface area contributed by atoms with E-state index in [1.807, 2.05) is 36.5 Å². The summed E-state index contributed by atoms with van der Waals surface area (Å²) in [6.07, 6.45) is 3.61. The third-order valence-electron chi connectivity index (χ3n) is 4.35. The van der Waals surface area contributed by atoms with Crippen LogP contribution < -0.4 is 10.3 Å². The van der Waals surface area contributed by atoms with E-state index >= 15 is 0 Å². The molecule has 0 saturated carbocycles. The molecule has 6 heteroatoms. The second-order valence-corrected chi connectivity index (χ2v) is 6.91. The second kappa shape index (κ2) is 9.58. The number of aromatic nitrogens is 1. The molecular weight excluding hydrogens is 379 g/mol. The van der Waals surface area contributed by atoms with Gasteiger partial charge in [0.05, 0.1) is 17.4 Å². The van der Waals surface area contributed by atoms with Crippen LogP contribution in [0.1, 0.15) is 11.1 Å². The lowest BCUT2D eigenvalue weighted by Gasteiger charge is -2.23. The van der Waals surface area contributed by atoms with Gasteiger partial charge < -0.3 is 4.90 Å². The van der Waals surface area contributed by atoms with Crippen molar-refractivity contribution in [3.8, 4) is 0 Å². The molecule has 0 aliphatic heterocycles. The number of hydrazone groups is 1. The van der Waals surface area contributed by atoms with Gasteiger partial charge in [0.2, 0.25) is 0 Å². The molecule has 0 radical (unpaired) electrons. The topological polar surface area (TPSA) is 40.5 Å². The van der Waals surface area contributed by atoms with E-state index < -0.39 is 0 Å². The highest BCUT2D eigenvalue weighted by Gasteiger charge is 2.07. The average Bonchev–Trinajstić information content (AvgIpc) is 2.69. The Morgan fingerprint density at radius 3 is 2.59 bits per heavy atom. The number of aryl methyl sites for hydroxylation is 1. The Balaban J connectivity index is 1.75. The largest absolute Gasteiger partial charge is 0.369 e. The Bertz CT molecular complexity index is 916. The molecular formula is C21H22Cl2N4. The highest BCUT2D eigenvalue weighted by Crippen LogP contribution is 2.21. The van der Waals surface area contributed by atoms with Crippen molar-refractivity contribution < 1.29 is 0 Å². The molecule has 1 aromatic heterocycles. The quantitative estimate of drug-likeness (QED) is 0.318. The molecule has 4 nitrogen and oxygen atoms in total. The number of benzene rings is 2. The van der Waals surface area contributed by atoms with Crippen LogP contribution in [-0.2, 0) is 0 Å². The fourth-order valence-electron chi connectivity index (χ4n) is 2.94. The maximum absolute atomic E-state index is 5.90. The number of hydrogen-bond acceptors (Lipinski definition) is 4. The van der Waals surface area contributed by atoms with Crippen LogP contribution in [0.5, 0.6) is 0 Å². The number of nitrogens with one attached hydrogen (secondary N) is 1. The zero-order chi connectivity index (χ0) is 19.1. The smallest absolute Gasteiger partial charge is 0.0951 e. The molecule has 3 aromatic rings. The molecule has 0 aliphatic rings. The lowest BCUT2D eigenvalue weighted by atomic mass is 10.1. The maximum atomic E-state index is 5.90. The maximum Gasteiger partial charge on any atom is 0.0951 e. The molecule has 0 fully saturated rings. The third kappa shape index (κ3) is 4.90. The van der Waals surface area contributed by atoms with Gasteiger partial charge in [-0.2, -0.15) is 5.10 Å². The van der Waals surface area contributed by atoms with Crippen LogP contribution in [0, 0.1) is 6.92 Å². The third-order valence-corrected chi connectivity index (χ3v) is 4.69. The molecule has 1 N–H and O–H groups in total. The van der Waals surface area contributed by atoms with Gasteiger partial charge in [0.25, 0.3) is 0 Å². The van der Waals surface area contributed by atoms with E-state index in [0.717, 1.165) is 46.5 Å². The van der Waals surface area contributed by atoms with E-state index in [1.165, 1.54) is 0 Å². The van der Waals surface area contributed by atoms with E-state index in [0.29, 0.717) is 11.8 Å². The summed E-state index contributed by atoms with van der Waals surface area (Å²) >= 11 is 11.8. The number of fused-ring (bicyclic) bond motifs is 1. The van der Waals surface area contributed by atoms with Crippen LogP contribution in [0.4, 0.5) is 11.4 Å². The van der Waals surface area contributed by atoms with Crippen LogP contribution in [0.3, 0.4) is 0 Å². The molecule has 0 bridgehead atoms. The first-order chi connectivity index (χ1) is 13.2. The number of pyridine rings is 1. The summed E-state index contributed by atoms with van der Waals surface area (Å²) in [5, 5.41) is 5.48. The van der Waals surface area contributed by atoms with Gasteiger partial charge in [-0.3, -0.25) is 10.4 Å². The van der Waals surface area contributed by atoms with Crippen molar-refractivity contribution in [2.75, 3.05) is 35.2 Å². The minimum atomic E-state index is 0.572. The van der Waals surface area contributed by atoms with E-state index in [-0.39, 0.29) is 0 Å². The lowest BCUT2D eigenvalue weighted by Crippen LogP contribution is -2.27. The standard InChI is InChI=1S/C21H22Cl2N4/c1-16-14-19(27(12-9-22)13-10-23)8-7-18(16)15-25-26-20-6-2-4-17-5-3-11-24-21(17)20/h2-8,11,14-15,26H,9-10,12-13H2,1H3/b25-15+. The molecule has 0 spiro atoms. The fraction of sp³-hybridized carbons (Fsp3) is 0.238. The number of anilines is 2. The molecule has 0 aliphatic carbocycles. The van der Waals surface area contributed by atoms with Crippen LogP contribution in [0.2, 0.25) is 0 Å². The van der Waals surface area contributed by atoms with Gasteiger partial charge in [-0.15, -0.1) is 23.2 Å². The van der Waals surface area contributed by atoms with E-state index in [1.54, 1.807) is 6.20 Å². The summed E-state index contributed by atoms with van der Waals surface area (Å²) in [6.45, 7) is 3.62. The summed E-state index contributed by atoms with van der Waals surface area (Å²) in [4.78, 5) is 6.62. The van der Waals surface area contributed by atoms with Gasteiger partial charge in [0.1, 0.15) is 0 Å². The van der Waals surface area contributed by atoms with E-state index in [2.05, 4.69) is 45.5 Å². The second-order valence-electron chi connectivity index (χ2n) is 6.16. The molecule has 0 atom stereocenters. The molecule has 1 heterocycles. The van der Waals surface area contributed by atoms with Crippen LogP contribution in [0.15, 0.2) is 59.8 Å². The molecule has 0 amide bonds. The molecule has 140 valence electrons. The van der Waals surface area contributed by atoms with Crippen molar-refractivity contribution in [2.24, 2.45) is 5.10 Å². The van der Waals surface area contributed by atoms with Crippen LogP contribution in [-0.4, -0.2) is 36.0 Å². The monoisotopic (exact) mass is 400 g/mol. The summed E-state index contributed by atoms with van der Waals surface area (Å²) < 4.78 is 0. The number of nitrogens with zero attached hydrogens (tertiary/aromatic N) is 3. The average molecular weight is 401 g/mol. The molecule has 3 rings (SSSR count).